The van der Waals surface area contributed by atoms with Gasteiger partial charge < -0.3 is 21.1 Å². The number of thiophene rings is 1. The van der Waals surface area contributed by atoms with Gasteiger partial charge in [-0.1, -0.05) is 24.3 Å². The van der Waals surface area contributed by atoms with Crippen LogP contribution in [0.2, 0.25) is 0 Å². The molecule has 0 saturated heterocycles. The minimum Gasteiger partial charge on any atom is -0.508 e. The summed E-state index contributed by atoms with van der Waals surface area (Å²) in [5.41, 5.74) is 2.35. The molecule has 2 amide bonds. The molecular formula is C22H25N3O2S. The first-order valence-corrected chi connectivity index (χ1v) is 10.4. The van der Waals surface area contributed by atoms with Gasteiger partial charge in [-0.15, -0.1) is 11.3 Å². The fourth-order valence-electron chi connectivity index (χ4n) is 3.69. The van der Waals surface area contributed by atoms with E-state index in [1.165, 1.54) is 20.5 Å². The lowest BCUT2D eigenvalue weighted by Crippen LogP contribution is -2.48. The zero-order chi connectivity index (χ0) is 19.5. The molecule has 1 aliphatic heterocycles. The number of amides is 2. The monoisotopic (exact) mass is 395 g/mol. The van der Waals surface area contributed by atoms with Gasteiger partial charge in [0, 0.05) is 41.2 Å². The van der Waals surface area contributed by atoms with Gasteiger partial charge in [0.25, 0.3) is 0 Å². The Kier molecular flexibility index (Phi) is 5.50. The van der Waals surface area contributed by atoms with Gasteiger partial charge >= 0.3 is 6.03 Å². The number of carbonyl (C=O) groups excluding carboxylic acids is 1. The third-order valence-corrected chi connectivity index (χ3v) is 6.25. The van der Waals surface area contributed by atoms with Crippen LogP contribution in [-0.4, -0.2) is 29.8 Å². The highest BCUT2D eigenvalue weighted by atomic mass is 32.1. The highest BCUT2D eigenvalue weighted by molar-refractivity contribution is 7.19. The number of phenols is 1. The predicted molar refractivity (Wildman–Crippen MR) is 114 cm³/mol. The number of nitrogens with one attached hydrogen (secondary N) is 3. The Bertz CT molecular complexity index is 952. The molecule has 146 valence electrons. The van der Waals surface area contributed by atoms with Gasteiger partial charge in [0.2, 0.25) is 0 Å². The molecule has 6 heteroatoms. The topological polar surface area (TPSA) is 73.4 Å². The summed E-state index contributed by atoms with van der Waals surface area (Å²) in [5, 5.41) is 20.3. The van der Waals surface area contributed by atoms with E-state index in [0.717, 1.165) is 18.4 Å². The Morgan fingerprint density at radius 2 is 2.11 bits per heavy atom. The Morgan fingerprint density at radius 1 is 1.25 bits per heavy atom. The summed E-state index contributed by atoms with van der Waals surface area (Å²) < 4.78 is 1.28. The zero-order valence-electron chi connectivity index (χ0n) is 15.9. The fourth-order valence-corrected chi connectivity index (χ4v) is 4.89. The second kappa shape index (κ2) is 8.20. The zero-order valence-corrected chi connectivity index (χ0v) is 16.7. The number of benzene rings is 2. The molecule has 2 aromatic carbocycles. The number of hydrogen-bond acceptors (Lipinski definition) is 4. The maximum Gasteiger partial charge on any atom is 0.315 e. The van der Waals surface area contributed by atoms with Gasteiger partial charge in [-0.05, 0) is 54.1 Å². The standard InChI is InChI=1S/C22H25N3O2S/c1-14(8-20-11-16-4-2-3-5-21(16)28-20)25-22(27)24-13-18-9-15-6-7-19(26)10-17(15)12-23-18/h2-7,10-11,14,18,23,26H,8-9,12-13H2,1H3,(H2,24,25,27)/t14-,18?/m0/s1. The molecule has 1 unspecified atom stereocenters. The van der Waals surface area contributed by atoms with E-state index in [9.17, 15) is 9.90 Å². The van der Waals surface area contributed by atoms with E-state index in [1.807, 2.05) is 19.1 Å². The van der Waals surface area contributed by atoms with Crippen molar-refractivity contribution in [1.82, 2.24) is 16.0 Å². The third kappa shape index (κ3) is 4.46. The molecule has 1 aliphatic rings. The van der Waals surface area contributed by atoms with Crippen molar-refractivity contribution in [3.05, 3.63) is 64.5 Å². The fraction of sp³-hybridized carbons (Fsp3) is 0.318. The Balaban J connectivity index is 1.24. The van der Waals surface area contributed by atoms with Crippen LogP contribution in [0.25, 0.3) is 10.1 Å². The minimum atomic E-state index is -0.132. The maximum atomic E-state index is 12.3. The number of carbonyl (C=O) groups is 1. The normalized spacial score (nSPS) is 17.1. The molecule has 0 saturated carbocycles. The van der Waals surface area contributed by atoms with E-state index in [4.69, 9.17) is 0 Å². The highest BCUT2D eigenvalue weighted by Gasteiger charge is 2.19. The van der Waals surface area contributed by atoms with E-state index in [-0.39, 0.29) is 18.1 Å². The van der Waals surface area contributed by atoms with Gasteiger partial charge in [-0.3, -0.25) is 0 Å². The lowest BCUT2D eigenvalue weighted by Gasteiger charge is -2.26. The number of aromatic hydroxyl groups is 1. The number of phenolic OH excluding ortho intramolecular Hbond substituents is 1. The van der Waals surface area contributed by atoms with Gasteiger partial charge in [0.15, 0.2) is 0 Å². The van der Waals surface area contributed by atoms with Crippen molar-refractivity contribution in [2.75, 3.05) is 6.54 Å². The number of fused-ring (bicyclic) bond motifs is 2. The summed E-state index contributed by atoms with van der Waals surface area (Å²) in [6.07, 6.45) is 1.67. The predicted octanol–water partition coefficient (Wildman–Crippen LogP) is 3.55. The number of hydrogen-bond donors (Lipinski definition) is 4. The van der Waals surface area contributed by atoms with E-state index >= 15 is 0 Å². The first kappa shape index (κ1) is 18.8. The van der Waals surface area contributed by atoms with Crippen LogP contribution in [-0.2, 0) is 19.4 Å². The van der Waals surface area contributed by atoms with Crippen molar-refractivity contribution in [1.29, 1.82) is 0 Å². The van der Waals surface area contributed by atoms with Crippen molar-refractivity contribution in [2.24, 2.45) is 0 Å². The quantitative estimate of drug-likeness (QED) is 0.534. The smallest absolute Gasteiger partial charge is 0.315 e. The van der Waals surface area contributed by atoms with Crippen molar-refractivity contribution >= 4 is 27.5 Å². The lowest BCUT2D eigenvalue weighted by molar-refractivity contribution is 0.236. The molecule has 4 N–H and O–H groups in total. The Morgan fingerprint density at radius 3 is 2.96 bits per heavy atom. The molecule has 5 nitrogen and oxygen atoms in total. The van der Waals surface area contributed by atoms with Crippen LogP contribution in [0.5, 0.6) is 5.75 Å². The van der Waals surface area contributed by atoms with Crippen LogP contribution < -0.4 is 16.0 Å². The van der Waals surface area contributed by atoms with Crippen molar-refractivity contribution < 1.29 is 9.90 Å². The van der Waals surface area contributed by atoms with Crippen LogP contribution in [0.1, 0.15) is 22.9 Å². The number of urea groups is 1. The average molecular weight is 396 g/mol. The minimum absolute atomic E-state index is 0.0658. The molecule has 4 rings (SSSR count). The van der Waals surface area contributed by atoms with Crippen molar-refractivity contribution in [2.45, 2.75) is 38.4 Å². The molecule has 0 bridgehead atoms. The van der Waals surface area contributed by atoms with Crippen LogP contribution in [0.3, 0.4) is 0 Å². The summed E-state index contributed by atoms with van der Waals surface area (Å²) >= 11 is 1.78. The van der Waals surface area contributed by atoms with Gasteiger partial charge in [0.05, 0.1) is 0 Å². The molecule has 3 aromatic rings. The average Bonchev–Trinajstić information content (AvgIpc) is 3.08. The van der Waals surface area contributed by atoms with Crippen molar-refractivity contribution in [3.63, 3.8) is 0 Å². The maximum absolute atomic E-state index is 12.3. The van der Waals surface area contributed by atoms with Crippen molar-refractivity contribution in [3.8, 4) is 5.75 Å². The molecule has 0 radical (unpaired) electrons. The van der Waals surface area contributed by atoms with Gasteiger partial charge in [-0.25, -0.2) is 4.79 Å². The summed E-state index contributed by atoms with van der Waals surface area (Å²) in [6, 6.07) is 16.2. The van der Waals surface area contributed by atoms with Crippen LogP contribution in [0.15, 0.2) is 48.5 Å². The molecule has 0 fully saturated rings. The molecule has 28 heavy (non-hydrogen) atoms. The Hall–Kier alpha value is -2.57. The summed E-state index contributed by atoms with van der Waals surface area (Å²) in [7, 11) is 0. The van der Waals surface area contributed by atoms with Crippen LogP contribution >= 0.6 is 11.3 Å². The van der Waals surface area contributed by atoms with Crippen LogP contribution in [0, 0.1) is 0 Å². The van der Waals surface area contributed by atoms with E-state index in [2.05, 4.69) is 40.2 Å². The largest absolute Gasteiger partial charge is 0.508 e. The third-order valence-electron chi connectivity index (χ3n) is 5.11. The highest BCUT2D eigenvalue weighted by Crippen LogP contribution is 2.26. The molecule has 0 spiro atoms. The number of rotatable bonds is 5. The second-order valence-corrected chi connectivity index (χ2v) is 8.61. The molecule has 0 aliphatic carbocycles. The molecule has 2 atom stereocenters. The summed E-state index contributed by atoms with van der Waals surface area (Å²) in [6.45, 7) is 3.31. The summed E-state index contributed by atoms with van der Waals surface area (Å²) in [5.74, 6) is 0.295. The first-order valence-electron chi connectivity index (χ1n) is 9.63. The Labute approximate surface area is 168 Å². The lowest BCUT2D eigenvalue weighted by atomic mass is 9.95. The SMILES string of the molecule is C[C@@H](Cc1cc2ccccc2s1)NC(=O)NCC1Cc2ccc(O)cc2CN1. The van der Waals surface area contributed by atoms with E-state index < -0.39 is 0 Å². The van der Waals surface area contributed by atoms with E-state index in [0.29, 0.717) is 18.8 Å². The molecular weight excluding hydrogens is 370 g/mol. The molecule has 2 heterocycles. The summed E-state index contributed by atoms with van der Waals surface area (Å²) in [4.78, 5) is 13.5. The van der Waals surface area contributed by atoms with Gasteiger partial charge in [-0.2, -0.15) is 0 Å². The second-order valence-electron chi connectivity index (χ2n) is 7.45. The van der Waals surface area contributed by atoms with E-state index in [1.54, 1.807) is 23.5 Å². The van der Waals surface area contributed by atoms with Crippen LogP contribution in [0.4, 0.5) is 4.79 Å². The van der Waals surface area contributed by atoms with Gasteiger partial charge in [0.1, 0.15) is 5.75 Å². The molecule has 1 aromatic heterocycles. The first-order chi connectivity index (χ1) is 13.6.